The van der Waals surface area contributed by atoms with Crippen molar-refractivity contribution in [2.45, 2.75) is 83.5 Å². The van der Waals surface area contributed by atoms with Gasteiger partial charge in [0.25, 0.3) is 0 Å². The predicted octanol–water partition coefficient (Wildman–Crippen LogP) is 3.22. The van der Waals surface area contributed by atoms with E-state index in [4.69, 9.17) is 10.8 Å². The minimum atomic E-state index is -0.678. The van der Waals surface area contributed by atoms with Gasteiger partial charge in [0.05, 0.1) is 0 Å². The number of carbonyl (C=O) groups is 2. The summed E-state index contributed by atoms with van der Waals surface area (Å²) in [6, 6.07) is 0. The highest BCUT2D eigenvalue weighted by Crippen LogP contribution is 2.11. The molecule has 130 valence electrons. The molecule has 22 heavy (non-hydrogen) atoms. The van der Waals surface area contributed by atoms with Crippen LogP contribution in [0.25, 0.3) is 0 Å². The number of unbranched alkanes of at least 4 members (excludes halogenated alkanes) is 10. The van der Waals surface area contributed by atoms with Gasteiger partial charge in [-0.2, -0.15) is 0 Å². The Balaban J connectivity index is 2.99. The summed E-state index contributed by atoms with van der Waals surface area (Å²) >= 11 is 0. The van der Waals surface area contributed by atoms with Crippen LogP contribution in [0.2, 0.25) is 0 Å². The first-order valence-electron chi connectivity index (χ1n) is 8.83. The number of amides is 1. The molecule has 5 nitrogen and oxygen atoms in total. The molecule has 0 rings (SSSR count). The SMILES string of the molecule is NC(=O)CCNCCCCCCCCCCCCCC(=O)O. The average molecular weight is 314 g/mol. The van der Waals surface area contributed by atoms with Crippen molar-refractivity contribution in [3.8, 4) is 0 Å². The Morgan fingerprint density at radius 3 is 1.59 bits per heavy atom. The Morgan fingerprint density at radius 1 is 0.682 bits per heavy atom. The number of carboxylic acids is 1. The molecule has 4 N–H and O–H groups in total. The van der Waals surface area contributed by atoms with Gasteiger partial charge >= 0.3 is 5.97 Å². The van der Waals surface area contributed by atoms with Crippen LogP contribution in [0.4, 0.5) is 0 Å². The maximum Gasteiger partial charge on any atom is 0.303 e. The molecule has 0 unspecified atom stereocenters. The molecule has 0 aromatic carbocycles. The fraction of sp³-hybridized carbons (Fsp3) is 0.882. The van der Waals surface area contributed by atoms with Crippen LogP contribution in [-0.4, -0.2) is 30.1 Å². The highest BCUT2D eigenvalue weighted by molar-refractivity contribution is 5.73. The molecule has 0 aliphatic rings. The molecule has 0 heterocycles. The summed E-state index contributed by atoms with van der Waals surface area (Å²) in [7, 11) is 0. The van der Waals surface area contributed by atoms with E-state index in [0.717, 1.165) is 19.4 Å². The van der Waals surface area contributed by atoms with Gasteiger partial charge in [0, 0.05) is 19.4 Å². The number of nitrogens with two attached hydrogens (primary N) is 1. The van der Waals surface area contributed by atoms with E-state index in [2.05, 4.69) is 5.32 Å². The second-order valence-electron chi connectivity index (χ2n) is 6.00. The summed E-state index contributed by atoms with van der Waals surface area (Å²) in [6.07, 6.45) is 13.9. The van der Waals surface area contributed by atoms with Gasteiger partial charge in [0.15, 0.2) is 0 Å². The zero-order valence-corrected chi connectivity index (χ0v) is 13.9. The number of aliphatic carboxylic acids is 1. The number of carbonyl (C=O) groups excluding carboxylic acids is 1. The van der Waals surface area contributed by atoms with Crippen LogP contribution >= 0.6 is 0 Å². The van der Waals surface area contributed by atoms with Gasteiger partial charge in [-0.05, 0) is 19.4 Å². The molecule has 1 amide bonds. The fourth-order valence-corrected chi connectivity index (χ4v) is 2.45. The van der Waals surface area contributed by atoms with Crippen LogP contribution in [0.5, 0.6) is 0 Å². The molecule has 0 aromatic heterocycles. The minimum Gasteiger partial charge on any atom is -0.481 e. The minimum absolute atomic E-state index is 0.241. The van der Waals surface area contributed by atoms with Gasteiger partial charge in [-0.1, -0.05) is 57.8 Å². The van der Waals surface area contributed by atoms with Gasteiger partial charge in [0.2, 0.25) is 5.91 Å². The average Bonchev–Trinajstić information content (AvgIpc) is 2.46. The molecule has 0 radical (unpaired) electrons. The lowest BCUT2D eigenvalue weighted by Crippen LogP contribution is -2.22. The van der Waals surface area contributed by atoms with Gasteiger partial charge < -0.3 is 16.2 Å². The van der Waals surface area contributed by atoms with E-state index in [0.29, 0.717) is 19.4 Å². The lowest BCUT2D eigenvalue weighted by atomic mass is 10.1. The van der Waals surface area contributed by atoms with Crippen molar-refractivity contribution in [3.63, 3.8) is 0 Å². The summed E-state index contributed by atoms with van der Waals surface area (Å²) in [5.74, 6) is -0.919. The smallest absolute Gasteiger partial charge is 0.303 e. The molecule has 0 saturated carbocycles. The number of hydrogen-bond acceptors (Lipinski definition) is 3. The fourth-order valence-electron chi connectivity index (χ4n) is 2.45. The summed E-state index contributed by atoms with van der Waals surface area (Å²) in [5.41, 5.74) is 5.06. The maximum absolute atomic E-state index is 10.5. The highest BCUT2D eigenvalue weighted by atomic mass is 16.4. The number of nitrogens with one attached hydrogen (secondary N) is 1. The van der Waals surface area contributed by atoms with Crippen LogP contribution in [0.3, 0.4) is 0 Å². The topological polar surface area (TPSA) is 92.4 Å². The van der Waals surface area contributed by atoms with Crippen molar-refractivity contribution in [2.24, 2.45) is 5.73 Å². The molecule has 5 heteroatoms. The number of primary amides is 1. The third-order valence-corrected chi connectivity index (χ3v) is 3.79. The first-order chi connectivity index (χ1) is 10.6. The van der Waals surface area contributed by atoms with Gasteiger partial charge in [-0.3, -0.25) is 9.59 Å². The lowest BCUT2D eigenvalue weighted by Gasteiger charge is -2.04. The van der Waals surface area contributed by atoms with Gasteiger partial charge in [-0.15, -0.1) is 0 Å². The van der Waals surface area contributed by atoms with Crippen LogP contribution in [-0.2, 0) is 9.59 Å². The predicted molar refractivity (Wildman–Crippen MR) is 89.7 cm³/mol. The van der Waals surface area contributed by atoms with Crippen LogP contribution in [0.1, 0.15) is 83.5 Å². The largest absolute Gasteiger partial charge is 0.481 e. The number of carboxylic acid groups (broad SMARTS) is 1. The Labute approximate surface area is 135 Å². The summed E-state index contributed by atoms with van der Waals surface area (Å²) < 4.78 is 0. The Kier molecular flexibility index (Phi) is 15.5. The van der Waals surface area contributed by atoms with E-state index in [1.807, 2.05) is 0 Å². The first kappa shape index (κ1) is 20.9. The molecule has 0 saturated heterocycles. The maximum atomic E-state index is 10.5. The Bertz CT molecular complexity index is 255. The molecule has 0 aromatic rings. The zero-order chi connectivity index (χ0) is 16.5. The molecule has 0 spiro atoms. The Hall–Kier alpha value is -1.10. The summed E-state index contributed by atoms with van der Waals surface area (Å²) in [5, 5.41) is 11.7. The van der Waals surface area contributed by atoms with E-state index >= 15 is 0 Å². The lowest BCUT2D eigenvalue weighted by molar-refractivity contribution is -0.137. The first-order valence-corrected chi connectivity index (χ1v) is 8.83. The molecule has 0 bridgehead atoms. The third-order valence-electron chi connectivity index (χ3n) is 3.79. The van der Waals surface area contributed by atoms with Gasteiger partial charge in [-0.25, -0.2) is 0 Å². The van der Waals surface area contributed by atoms with E-state index in [9.17, 15) is 9.59 Å². The van der Waals surface area contributed by atoms with E-state index in [1.165, 1.54) is 57.8 Å². The second-order valence-corrected chi connectivity index (χ2v) is 6.00. The molecule has 0 aliphatic carbocycles. The number of hydrogen-bond donors (Lipinski definition) is 3. The van der Waals surface area contributed by atoms with Crippen LogP contribution in [0, 0.1) is 0 Å². The van der Waals surface area contributed by atoms with Crippen molar-refractivity contribution in [1.29, 1.82) is 0 Å². The number of rotatable bonds is 17. The molecular weight excluding hydrogens is 280 g/mol. The highest BCUT2D eigenvalue weighted by Gasteiger charge is 1.97. The van der Waals surface area contributed by atoms with Crippen molar-refractivity contribution in [2.75, 3.05) is 13.1 Å². The molecule has 0 aliphatic heterocycles. The van der Waals surface area contributed by atoms with Crippen molar-refractivity contribution < 1.29 is 14.7 Å². The van der Waals surface area contributed by atoms with Crippen molar-refractivity contribution in [3.05, 3.63) is 0 Å². The third kappa shape index (κ3) is 18.9. The second kappa shape index (κ2) is 16.3. The molecular formula is C17H34N2O3. The Morgan fingerprint density at radius 2 is 1.14 bits per heavy atom. The van der Waals surface area contributed by atoms with Crippen molar-refractivity contribution in [1.82, 2.24) is 5.32 Å². The summed E-state index contributed by atoms with van der Waals surface area (Å²) in [6.45, 7) is 1.67. The molecule has 0 atom stereocenters. The van der Waals surface area contributed by atoms with Crippen LogP contribution in [0.15, 0.2) is 0 Å². The summed E-state index contributed by atoms with van der Waals surface area (Å²) in [4.78, 5) is 20.9. The van der Waals surface area contributed by atoms with E-state index in [-0.39, 0.29) is 5.91 Å². The molecule has 0 fully saturated rings. The normalized spacial score (nSPS) is 10.7. The van der Waals surface area contributed by atoms with Gasteiger partial charge in [0.1, 0.15) is 0 Å². The van der Waals surface area contributed by atoms with E-state index < -0.39 is 5.97 Å². The van der Waals surface area contributed by atoms with Crippen molar-refractivity contribution >= 4 is 11.9 Å². The van der Waals surface area contributed by atoms with E-state index in [1.54, 1.807) is 0 Å². The zero-order valence-electron chi connectivity index (χ0n) is 13.9. The van der Waals surface area contributed by atoms with Crippen LogP contribution < -0.4 is 11.1 Å². The quantitative estimate of drug-likeness (QED) is 0.359. The standard InChI is InChI=1S/C17H34N2O3/c18-16(20)13-15-19-14-11-9-7-5-3-1-2-4-6-8-10-12-17(21)22/h19H,1-15H2,(H2,18,20)(H,21,22). The monoisotopic (exact) mass is 314 g/mol.